The quantitative estimate of drug-likeness (QED) is 0.864. The van der Waals surface area contributed by atoms with Crippen LogP contribution in [0.5, 0.6) is 0 Å². The maximum atomic E-state index is 13.1. The van der Waals surface area contributed by atoms with Gasteiger partial charge in [0.1, 0.15) is 5.82 Å². The van der Waals surface area contributed by atoms with E-state index in [2.05, 4.69) is 13.8 Å². The zero-order valence-corrected chi connectivity index (χ0v) is 15.2. The van der Waals surface area contributed by atoms with Gasteiger partial charge in [0.2, 0.25) is 0 Å². The van der Waals surface area contributed by atoms with Gasteiger partial charge in [0.05, 0.1) is 22.3 Å². The van der Waals surface area contributed by atoms with Gasteiger partial charge in [0.15, 0.2) is 0 Å². The van der Waals surface area contributed by atoms with Crippen molar-refractivity contribution < 1.29 is 14.3 Å². The lowest BCUT2D eigenvalue weighted by molar-refractivity contribution is 0.154. The molecule has 1 aliphatic heterocycles. The maximum absolute atomic E-state index is 13.1. The van der Waals surface area contributed by atoms with E-state index in [1.165, 1.54) is 17.0 Å². The molecular formula is C18H22FN3O2S. The Balaban J connectivity index is 1.91. The van der Waals surface area contributed by atoms with E-state index in [4.69, 9.17) is 5.10 Å². The van der Waals surface area contributed by atoms with Crippen molar-refractivity contribution in [1.82, 2.24) is 14.7 Å². The number of halogens is 1. The van der Waals surface area contributed by atoms with E-state index in [1.807, 2.05) is 4.68 Å². The Morgan fingerprint density at radius 1 is 1.32 bits per heavy atom. The Kier molecular flexibility index (Phi) is 5.32. The van der Waals surface area contributed by atoms with E-state index in [-0.39, 0.29) is 11.9 Å². The molecule has 5 nitrogen and oxygen atoms in total. The molecule has 3 rings (SSSR count). The summed E-state index contributed by atoms with van der Waals surface area (Å²) in [5, 5.41) is 14.0. The summed E-state index contributed by atoms with van der Waals surface area (Å²) in [4.78, 5) is 14.7. The van der Waals surface area contributed by atoms with Gasteiger partial charge < -0.3 is 10.0 Å². The molecule has 1 atom stereocenters. The van der Waals surface area contributed by atoms with Crippen LogP contribution in [0.1, 0.15) is 37.7 Å². The molecule has 1 fully saturated rings. The minimum Gasteiger partial charge on any atom is -0.465 e. The van der Waals surface area contributed by atoms with E-state index < -0.39 is 6.09 Å². The molecule has 1 aliphatic rings. The minimum atomic E-state index is -0.871. The lowest BCUT2D eigenvalue weighted by atomic mass is 10.2. The number of amides is 1. The Morgan fingerprint density at radius 2 is 2.04 bits per heavy atom. The third kappa shape index (κ3) is 3.66. The van der Waals surface area contributed by atoms with Crippen LogP contribution >= 0.6 is 11.8 Å². The van der Waals surface area contributed by atoms with Crippen molar-refractivity contribution in [1.29, 1.82) is 0 Å². The van der Waals surface area contributed by atoms with Crippen LogP contribution in [-0.2, 0) is 12.8 Å². The Bertz CT molecular complexity index is 760. The van der Waals surface area contributed by atoms with Crippen molar-refractivity contribution in [3.63, 3.8) is 0 Å². The van der Waals surface area contributed by atoms with Gasteiger partial charge in [0.25, 0.3) is 0 Å². The van der Waals surface area contributed by atoms with Crippen molar-refractivity contribution >= 4 is 17.9 Å². The van der Waals surface area contributed by atoms with Crippen LogP contribution in [-0.4, -0.2) is 39.0 Å². The summed E-state index contributed by atoms with van der Waals surface area (Å²) in [7, 11) is 0. The highest BCUT2D eigenvalue weighted by Gasteiger charge is 2.30. The largest absolute Gasteiger partial charge is 0.465 e. The number of hydrogen-bond acceptors (Lipinski definition) is 3. The summed E-state index contributed by atoms with van der Waals surface area (Å²) in [5.74, 6) is -0.244. The molecule has 0 unspecified atom stereocenters. The molecule has 1 saturated heterocycles. The van der Waals surface area contributed by atoms with Gasteiger partial charge in [0, 0.05) is 18.0 Å². The standard InChI is InChI=1S/C18H22FN3O2S/c1-3-15-17(25-14-7-5-12(19)6-8-14)16(4-2)22(20-15)13-9-10-21(11-13)18(23)24/h5-8,13H,3-4,9-11H2,1-2H3,(H,23,24)/t13-/m1/s1. The van der Waals surface area contributed by atoms with Crippen LogP contribution in [0.3, 0.4) is 0 Å². The topological polar surface area (TPSA) is 58.4 Å². The summed E-state index contributed by atoms with van der Waals surface area (Å²) >= 11 is 1.61. The second kappa shape index (κ2) is 7.47. The van der Waals surface area contributed by atoms with Gasteiger partial charge in [-0.25, -0.2) is 9.18 Å². The molecule has 1 aromatic heterocycles. The predicted octanol–water partition coefficient (Wildman–Crippen LogP) is 4.22. The summed E-state index contributed by atoms with van der Waals surface area (Å²) < 4.78 is 15.2. The SMILES string of the molecule is CCc1nn([C@@H]2CCN(C(=O)O)C2)c(CC)c1Sc1ccc(F)cc1. The second-order valence-electron chi connectivity index (χ2n) is 6.10. The zero-order chi connectivity index (χ0) is 18.0. The fraction of sp³-hybridized carbons (Fsp3) is 0.444. The molecule has 0 spiro atoms. The zero-order valence-electron chi connectivity index (χ0n) is 14.4. The van der Waals surface area contributed by atoms with Crippen molar-refractivity contribution in [2.24, 2.45) is 0 Å². The summed E-state index contributed by atoms with van der Waals surface area (Å²) in [5.41, 5.74) is 2.14. The van der Waals surface area contributed by atoms with E-state index in [0.717, 1.165) is 40.4 Å². The Labute approximate surface area is 150 Å². The molecule has 7 heteroatoms. The van der Waals surface area contributed by atoms with Gasteiger partial charge in [-0.05, 0) is 43.5 Å². The van der Waals surface area contributed by atoms with E-state index in [9.17, 15) is 14.3 Å². The van der Waals surface area contributed by atoms with Crippen LogP contribution < -0.4 is 0 Å². The highest BCUT2D eigenvalue weighted by Crippen LogP contribution is 2.36. The minimum absolute atomic E-state index is 0.0823. The molecule has 2 heterocycles. The van der Waals surface area contributed by atoms with Gasteiger partial charge in [-0.3, -0.25) is 4.68 Å². The molecule has 0 bridgehead atoms. The van der Waals surface area contributed by atoms with E-state index >= 15 is 0 Å². The van der Waals surface area contributed by atoms with Crippen molar-refractivity contribution in [2.45, 2.75) is 48.9 Å². The third-order valence-electron chi connectivity index (χ3n) is 4.51. The monoisotopic (exact) mass is 363 g/mol. The lowest BCUT2D eigenvalue weighted by Gasteiger charge is -2.15. The first-order valence-electron chi connectivity index (χ1n) is 8.55. The van der Waals surface area contributed by atoms with Crippen LogP contribution in [0.4, 0.5) is 9.18 Å². The van der Waals surface area contributed by atoms with Gasteiger partial charge >= 0.3 is 6.09 Å². The van der Waals surface area contributed by atoms with Crippen LogP contribution in [0.2, 0.25) is 0 Å². The third-order valence-corrected chi connectivity index (χ3v) is 5.70. The molecule has 0 radical (unpaired) electrons. The molecule has 25 heavy (non-hydrogen) atoms. The van der Waals surface area contributed by atoms with E-state index in [1.54, 1.807) is 23.9 Å². The summed E-state index contributed by atoms with van der Waals surface area (Å²) in [6.45, 7) is 5.18. The Hall–Kier alpha value is -2.02. The first kappa shape index (κ1) is 17.8. The number of likely N-dealkylation sites (tertiary alicyclic amines) is 1. The van der Waals surface area contributed by atoms with Crippen LogP contribution in [0.25, 0.3) is 0 Å². The van der Waals surface area contributed by atoms with Crippen molar-refractivity contribution in [2.75, 3.05) is 13.1 Å². The lowest BCUT2D eigenvalue weighted by Crippen LogP contribution is -2.27. The number of benzene rings is 1. The number of carboxylic acid groups (broad SMARTS) is 1. The average molecular weight is 363 g/mol. The van der Waals surface area contributed by atoms with Crippen molar-refractivity contribution in [3.8, 4) is 0 Å². The molecule has 2 aromatic rings. The summed E-state index contributed by atoms with van der Waals surface area (Å²) in [6.07, 6.45) is 1.54. The highest BCUT2D eigenvalue weighted by atomic mass is 32.2. The van der Waals surface area contributed by atoms with Gasteiger partial charge in [-0.15, -0.1) is 0 Å². The average Bonchev–Trinajstić information content (AvgIpc) is 3.21. The van der Waals surface area contributed by atoms with Crippen LogP contribution in [0, 0.1) is 5.82 Å². The van der Waals surface area contributed by atoms with E-state index in [0.29, 0.717) is 13.1 Å². The molecule has 134 valence electrons. The molecule has 0 saturated carbocycles. The molecule has 1 amide bonds. The number of rotatable bonds is 5. The molecular weight excluding hydrogens is 341 g/mol. The normalized spacial score (nSPS) is 17.2. The predicted molar refractivity (Wildman–Crippen MR) is 94.8 cm³/mol. The smallest absolute Gasteiger partial charge is 0.407 e. The fourth-order valence-corrected chi connectivity index (χ4v) is 4.38. The Morgan fingerprint density at radius 3 is 2.60 bits per heavy atom. The second-order valence-corrected chi connectivity index (χ2v) is 7.19. The molecule has 0 aliphatic carbocycles. The fourth-order valence-electron chi connectivity index (χ4n) is 3.22. The number of aryl methyl sites for hydroxylation is 1. The number of hydrogen-bond donors (Lipinski definition) is 1. The van der Waals surface area contributed by atoms with Gasteiger partial charge in [-0.1, -0.05) is 25.6 Å². The first-order chi connectivity index (χ1) is 12.0. The van der Waals surface area contributed by atoms with Crippen molar-refractivity contribution in [3.05, 3.63) is 41.5 Å². The number of aromatic nitrogens is 2. The summed E-state index contributed by atoms with van der Waals surface area (Å²) in [6, 6.07) is 6.56. The van der Waals surface area contributed by atoms with Gasteiger partial charge in [-0.2, -0.15) is 5.10 Å². The number of nitrogens with zero attached hydrogens (tertiary/aromatic N) is 3. The maximum Gasteiger partial charge on any atom is 0.407 e. The highest BCUT2D eigenvalue weighted by molar-refractivity contribution is 7.99. The van der Waals surface area contributed by atoms with Crippen LogP contribution in [0.15, 0.2) is 34.1 Å². The first-order valence-corrected chi connectivity index (χ1v) is 9.36. The molecule has 1 N–H and O–H groups in total. The number of carbonyl (C=O) groups is 1. The molecule has 1 aromatic carbocycles.